The first-order chi connectivity index (χ1) is 13.2. The molecule has 1 aliphatic heterocycles. The molecule has 0 aliphatic carbocycles. The number of halogens is 1. The van der Waals surface area contributed by atoms with Crippen molar-refractivity contribution in [2.45, 2.75) is 33.7 Å². The molecule has 2 rings (SSSR count). The van der Waals surface area contributed by atoms with Crippen LogP contribution in [0.1, 0.15) is 27.7 Å². The van der Waals surface area contributed by atoms with Crippen LogP contribution in [0.4, 0.5) is 15.8 Å². The third kappa shape index (κ3) is 5.73. The van der Waals surface area contributed by atoms with Crippen molar-refractivity contribution >= 4 is 23.2 Å². The van der Waals surface area contributed by atoms with Crippen molar-refractivity contribution in [3.63, 3.8) is 0 Å². The Morgan fingerprint density at radius 3 is 2.68 bits per heavy atom. The summed E-state index contributed by atoms with van der Waals surface area (Å²) in [6.07, 6.45) is 0. The quantitative estimate of drug-likeness (QED) is 0.737. The van der Waals surface area contributed by atoms with Crippen LogP contribution in [0.3, 0.4) is 0 Å². The molecule has 1 saturated heterocycles. The summed E-state index contributed by atoms with van der Waals surface area (Å²) < 4.78 is 19.6. The molecule has 1 aromatic rings. The molecule has 7 nitrogen and oxygen atoms in total. The van der Waals surface area contributed by atoms with Crippen molar-refractivity contribution in [2.24, 2.45) is 11.1 Å². The number of nitrogens with one attached hydrogen (secondary N) is 1. The van der Waals surface area contributed by atoms with Crippen molar-refractivity contribution < 1.29 is 18.7 Å². The normalized spacial score (nSPS) is 16.4. The molecule has 1 aliphatic rings. The summed E-state index contributed by atoms with van der Waals surface area (Å²) in [5.41, 5.74) is 6.39. The number of nitrogens with two attached hydrogens (primary N) is 1. The van der Waals surface area contributed by atoms with Crippen LogP contribution in [0.25, 0.3) is 0 Å². The van der Waals surface area contributed by atoms with Crippen molar-refractivity contribution in [1.82, 2.24) is 4.90 Å². The van der Waals surface area contributed by atoms with Crippen LogP contribution in [-0.4, -0.2) is 62.1 Å². The fraction of sp³-hybridized carbons (Fsp3) is 0.600. The molecule has 0 bridgehead atoms. The Hall–Kier alpha value is -2.03. The van der Waals surface area contributed by atoms with Gasteiger partial charge in [-0.25, -0.2) is 4.39 Å². The Labute approximate surface area is 166 Å². The lowest BCUT2D eigenvalue weighted by Gasteiger charge is -2.34. The molecule has 3 N–H and O–H groups in total. The zero-order valence-corrected chi connectivity index (χ0v) is 17.1. The lowest BCUT2D eigenvalue weighted by atomic mass is 9.95. The number of benzene rings is 1. The maximum absolute atomic E-state index is 14.6. The minimum absolute atomic E-state index is 0.0160. The lowest BCUT2D eigenvalue weighted by Crippen LogP contribution is -2.51. The summed E-state index contributed by atoms with van der Waals surface area (Å²) in [6.45, 7) is 10.4. The van der Waals surface area contributed by atoms with Gasteiger partial charge in [-0.2, -0.15) is 0 Å². The number of anilines is 2. The summed E-state index contributed by atoms with van der Waals surface area (Å²) in [4.78, 5) is 28.0. The highest BCUT2D eigenvalue weighted by Gasteiger charge is 2.28. The molecule has 1 heterocycles. The van der Waals surface area contributed by atoms with Crippen LogP contribution >= 0.6 is 0 Å². The highest BCUT2D eigenvalue weighted by atomic mass is 19.1. The standard InChI is InChI=1S/C20H31FN4O3/c1-5-24(13-20(2,3)4)17(11-22)19(27)23-14-6-7-16(15(21)10-14)25-8-9-28-12-18(25)26/h6-7,10,17H,5,8-9,11-13,22H2,1-4H3,(H,23,27)/t17-/m1/s1. The second-order valence-corrected chi connectivity index (χ2v) is 8.13. The van der Waals surface area contributed by atoms with Gasteiger partial charge in [0, 0.05) is 25.3 Å². The number of ether oxygens (including phenoxy) is 1. The number of hydrogen-bond acceptors (Lipinski definition) is 5. The molecule has 1 aromatic carbocycles. The van der Waals surface area contributed by atoms with Crippen LogP contribution in [0, 0.1) is 11.2 Å². The first-order valence-electron chi connectivity index (χ1n) is 9.59. The highest BCUT2D eigenvalue weighted by molar-refractivity contribution is 5.97. The summed E-state index contributed by atoms with van der Waals surface area (Å²) in [7, 11) is 0. The molecule has 156 valence electrons. The summed E-state index contributed by atoms with van der Waals surface area (Å²) in [5.74, 6) is -1.13. The maximum Gasteiger partial charge on any atom is 0.253 e. The van der Waals surface area contributed by atoms with Crippen LogP contribution < -0.4 is 16.0 Å². The van der Waals surface area contributed by atoms with E-state index in [-0.39, 0.29) is 36.1 Å². The maximum atomic E-state index is 14.6. The Bertz CT molecular complexity index is 705. The molecule has 0 unspecified atom stereocenters. The first kappa shape index (κ1) is 22.3. The van der Waals surface area contributed by atoms with E-state index in [0.29, 0.717) is 31.9 Å². The molecule has 8 heteroatoms. The molecule has 0 spiro atoms. The minimum atomic E-state index is -0.570. The molecule has 1 fully saturated rings. The van der Waals surface area contributed by atoms with Crippen molar-refractivity contribution in [3.05, 3.63) is 24.0 Å². The van der Waals surface area contributed by atoms with Gasteiger partial charge in [0.1, 0.15) is 18.5 Å². The van der Waals surface area contributed by atoms with Crippen molar-refractivity contribution in [3.8, 4) is 0 Å². The smallest absolute Gasteiger partial charge is 0.253 e. The highest BCUT2D eigenvalue weighted by Crippen LogP contribution is 2.25. The fourth-order valence-corrected chi connectivity index (χ4v) is 3.28. The number of rotatable bonds is 7. The second-order valence-electron chi connectivity index (χ2n) is 8.13. The lowest BCUT2D eigenvalue weighted by molar-refractivity contribution is -0.125. The first-order valence-corrected chi connectivity index (χ1v) is 9.59. The third-order valence-electron chi connectivity index (χ3n) is 4.54. The van der Waals surface area contributed by atoms with Crippen LogP contribution in [-0.2, 0) is 14.3 Å². The summed E-state index contributed by atoms with van der Waals surface area (Å²) >= 11 is 0. The van der Waals surface area contributed by atoms with E-state index in [1.54, 1.807) is 6.07 Å². The number of likely N-dealkylation sites (N-methyl/N-ethyl adjacent to an activating group) is 1. The molecule has 0 aromatic heterocycles. The second kappa shape index (κ2) is 9.45. The number of nitrogens with zero attached hydrogens (tertiary/aromatic N) is 2. The van der Waals surface area contributed by atoms with Gasteiger partial charge in [0.2, 0.25) is 5.91 Å². The van der Waals surface area contributed by atoms with Crippen LogP contribution in [0.2, 0.25) is 0 Å². The van der Waals surface area contributed by atoms with E-state index in [4.69, 9.17) is 10.5 Å². The molecular weight excluding hydrogens is 363 g/mol. The predicted octanol–water partition coefficient (Wildman–Crippen LogP) is 1.82. The molecule has 0 saturated carbocycles. The Morgan fingerprint density at radius 2 is 2.14 bits per heavy atom. The van der Waals surface area contributed by atoms with E-state index in [9.17, 15) is 14.0 Å². The monoisotopic (exact) mass is 394 g/mol. The summed E-state index contributed by atoms with van der Waals surface area (Å²) in [5, 5.41) is 2.75. The molecule has 1 atom stereocenters. The Kier molecular flexibility index (Phi) is 7.51. The van der Waals surface area contributed by atoms with E-state index < -0.39 is 11.9 Å². The van der Waals surface area contributed by atoms with E-state index in [0.717, 1.165) is 0 Å². The van der Waals surface area contributed by atoms with Crippen molar-refractivity contribution in [1.29, 1.82) is 0 Å². The van der Waals surface area contributed by atoms with E-state index >= 15 is 0 Å². The van der Waals surface area contributed by atoms with E-state index in [1.165, 1.54) is 17.0 Å². The van der Waals surface area contributed by atoms with Crippen molar-refractivity contribution in [2.75, 3.05) is 49.6 Å². The number of morpholine rings is 1. The van der Waals surface area contributed by atoms with Crippen LogP contribution in [0.15, 0.2) is 18.2 Å². The Morgan fingerprint density at radius 1 is 1.43 bits per heavy atom. The van der Waals surface area contributed by atoms with Gasteiger partial charge in [-0.1, -0.05) is 27.7 Å². The number of amides is 2. The average molecular weight is 394 g/mol. The number of carbonyl (C=O) groups excluding carboxylic acids is 2. The average Bonchev–Trinajstić information content (AvgIpc) is 2.61. The van der Waals surface area contributed by atoms with Gasteiger partial charge in [-0.05, 0) is 30.2 Å². The van der Waals surface area contributed by atoms with Gasteiger partial charge in [0.05, 0.1) is 12.3 Å². The van der Waals surface area contributed by atoms with Gasteiger partial charge >= 0.3 is 0 Å². The van der Waals surface area contributed by atoms with E-state index in [2.05, 4.69) is 26.1 Å². The zero-order valence-electron chi connectivity index (χ0n) is 17.1. The number of hydrogen-bond donors (Lipinski definition) is 2. The molecule has 28 heavy (non-hydrogen) atoms. The summed E-state index contributed by atoms with van der Waals surface area (Å²) in [6, 6.07) is 3.81. The predicted molar refractivity (Wildman–Crippen MR) is 108 cm³/mol. The van der Waals surface area contributed by atoms with Gasteiger partial charge in [0.25, 0.3) is 5.91 Å². The SMILES string of the molecule is CCN(CC(C)(C)C)[C@H](CN)C(=O)Nc1ccc(N2CCOCC2=O)c(F)c1. The van der Waals surface area contributed by atoms with Gasteiger partial charge in [-0.3, -0.25) is 14.5 Å². The molecule has 2 amide bonds. The van der Waals surface area contributed by atoms with Gasteiger partial charge < -0.3 is 20.7 Å². The Balaban J connectivity index is 2.12. The molecular formula is C20H31FN4O3. The van der Waals surface area contributed by atoms with Crippen LogP contribution in [0.5, 0.6) is 0 Å². The minimum Gasteiger partial charge on any atom is -0.370 e. The van der Waals surface area contributed by atoms with Gasteiger partial charge in [-0.15, -0.1) is 0 Å². The third-order valence-corrected chi connectivity index (χ3v) is 4.54. The molecule has 0 radical (unpaired) electrons. The fourth-order valence-electron chi connectivity index (χ4n) is 3.28. The van der Waals surface area contributed by atoms with E-state index in [1.807, 2.05) is 11.8 Å². The number of carbonyl (C=O) groups is 2. The topological polar surface area (TPSA) is 87.9 Å². The van der Waals surface area contributed by atoms with Gasteiger partial charge in [0.15, 0.2) is 0 Å². The zero-order chi connectivity index (χ0) is 20.9. The largest absolute Gasteiger partial charge is 0.370 e.